The standard InChI is InChI=1S/C10H12Br/c1-2-3-4-9-5-7-10(11)8-6-9/h2,5-8H,3-4H2,1H3. The van der Waals surface area contributed by atoms with E-state index >= 15 is 0 Å². The molecule has 0 aliphatic carbocycles. The van der Waals surface area contributed by atoms with E-state index in [1.54, 1.807) is 0 Å². The van der Waals surface area contributed by atoms with Crippen molar-refractivity contribution in [3.63, 3.8) is 0 Å². The molecule has 0 N–H and O–H groups in total. The van der Waals surface area contributed by atoms with Gasteiger partial charge in [-0.05, 0) is 37.0 Å². The molecule has 59 valence electrons. The molecule has 0 aromatic heterocycles. The molecule has 0 heterocycles. The van der Waals surface area contributed by atoms with Gasteiger partial charge in [-0.1, -0.05) is 35.0 Å². The molecule has 11 heavy (non-hydrogen) atoms. The van der Waals surface area contributed by atoms with Crippen LogP contribution in [-0.2, 0) is 6.42 Å². The molecule has 1 radical (unpaired) electrons. The highest BCUT2D eigenvalue weighted by Gasteiger charge is 1.90. The molecule has 0 aliphatic rings. The zero-order valence-corrected chi connectivity index (χ0v) is 8.26. The Morgan fingerprint density at radius 3 is 2.45 bits per heavy atom. The number of halogens is 1. The van der Waals surface area contributed by atoms with E-state index in [0.29, 0.717) is 0 Å². The summed E-state index contributed by atoms with van der Waals surface area (Å²) in [6.07, 6.45) is 4.52. The number of aryl methyl sites for hydroxylation is 1. The Labute approximate surface area is 76.8 Å². The van der Waals surface area contributed by atoms with Crippen molar-refractivity contribution < 1.29 is 0 Å². The van der Waals surface area contributed by atoms with E-state index in [1.165, 1.54) is 12.0 Å². The SMILES string of the molecule is C[CH]CCc1ccc(Br)cc1. The Bertz CT molecular complexity index is 201. The minimum atomic E-state index is 1.15. The molecule has 0 atom stereocenters. The average Bonchev–Trinajstić information content (AvgIpc) is 2.04. The predicted octanol–water partition coefficient (Wildman–Crippen LogP) is 3.61. The Morgan fingerprint density at radius 1 is 1.27 bits per heavy atom. The molecule has 0 saturated heterocycles. The monoisotopic (exact) mass is 211 g/mol. The van der Waals surface area contributed by atoms with Crippen molar-refractivity contribution in [1.29, 1.82) is 0 Å². The summed E-state index contributed by atoms with van der Waals surface area (Å²) in [7, 11) is 0. The largest absolute Gasteiger partial charge is 0.0622 e. The molecule has 1 rings (SSSR count). The molecule has 0 aliphatic heterocycles. The first-order chi connectivity index (χ1) is 5.33. The Kier molecular flexibility index (Phi) is 3.64. The van der Waals surface area contributed by atoms with Crippen LogP contribution in [0.2, 0.25) is 0 Å². The zero-order chi connectivity index (χ0) is 8.10. The number of unbranched alkanes of at least 4 members (excludes halogenated alkanes) is 1. The first kappa shape index (κ1) is 8.79. The molecule has 1 heteroatoms. The lowest BCUT2D eigenvalue weighted by molar-refractivity contribution is 0.936. The van der Waals surface area contributed by atoms with Gasteiger partial charge in [-0.25, -0.2) is 0 Å². The third-order valence-corrected chi connectivity index (χ3v) is 2.16. The maximum Gasteiger partial charge on any atom is 0.0175 e. The average molecular weight is 212 g/mol. The second kappa shape index (κ2) is 4.55. The third-order valence-electron chi connectivity index (χ3n) is 1.63. The van der Waals surface area contributed by atoms with E-state index < -0.39 is 0 Å². The van der Waals surface area contributed by atoms with Gasteiger partial charge >= 0.3 is 0 Å². The highest BCUT2D eigenvalue weighted by molar-refractivity contribution is 9.10. The summed E-state index contributed by atoms with van der Waals surface area (Å²) in [6, 6.07) is 8.50. The maximum absolute atomic E-state index is 3.41. The lowest BCUT2D eigenvalue weighted by Gasteiger charge is -1.98. The van der Waals surface area contributed by atoms with E-state index in [-0.39, 0.29) is 0 Å². The zero-order valence-electron chi connectivity index (χ0n) is 6.68. The first-order valence-corrected chi connectivity index (χ1v) is 4.64. The molecule has 0 saturated carbocycles. The van der Waals surface area contributed by atoms with E-state index in [9.17, 15) is 0 Å². The van der Waals surface area contributed by atoms with Crippen molar-refractivity contribution in [2.45, 2.75) is 19.8 Å². The van der Waals surface area contributed by atoms with Gasteiger partial charge in [0.05, 0.1) is 0 Å². The van der Waals surface area contributed by atoms with Crippen LogP contribution in [0.1, 0.15) is 18.9 Å². The summed E-state index contributed by atoms with van der Waals surface area (Å²) in [6.45, 7) is 2.10. The van der Waals surface area contributed by atoms with Crippen molar-refractivity contribution in [2.24, 2.45) is 0 Å². The summed E-state index contributed by atoms with van der Waals surface area (Å²) in [5.74, 6) is 0. The Morgan fingerprint density at radius 2 is 1.91 bits per heavy atom. The fraction of sp³-hybridized carbons (Fsp3) is 0.300. The molecule has 0 spiro atoms. The van der Waals surface area contributed by atoms with Crippen LogP contribution in [0.15, 0.2) is 28.7 Å². The van der Waals surface area contributed by atoms with E-state index in [1.807, 2.05) is 0 Å². The van der Waals surface area contributed by atoms with Crippen LogP contribution in [0.25, 0.3) is 0 Å². The molecule has 1 aromatic rings. The molecular weight excluding hydrogens is 200 g/mol. The van der Waals surface area contributed by atoms with E-state index in [4.69, 9.17) is 0 Å². The van der Waals surface area contributed by atoms with Gasteiger partial charge in [-0.2, -0.15) is 0 Å². The highest BCUT2D eigenvalue weighted by Crippen LogP contribution is 2.11. The van der Waals surface area contributed by atoms with Crippen LogP contribution < -0.4 is 0 Å². The topological polar surface area (TPSA) is 0 Å². The molecule has 0 bridgehead atoms. The molecule has 1 aromatic carbocycles. The van der Waals surface area contributed by atoms with Crippen molar-refractivity contribution >= 4 is 15.9 Å². The van der Waals surface area contributed by atoms with Gasteiger partial charge in [-0.3, -0.25) is 0 Å². The van der Waals surface area contributed by atoms with Gasteiger partial charge in [0.25, 0.3) is 0 Å². The number of hydrogen-bond acceptors (Lipinski definition) is 0. The Balaban J connectivity index is 2.52. The van der Waals surface area contributed by atoms with Gasteiger partial charge in [0.2, 0.25) is 0 Å². The predicted molar refractivity (Wildman–Crippen MR) is 52.4 cm³/mol. The summed E-state index contributed by atoms with van der Waals surface area (Å²) in [4.78, 5) is 0. The summed E-state index contributed by atoms with van der Waals surface area (Å²) in [5.41, 5.74) is 1.41. The molecule has 0 unspecified atom stereocenters. The summed E-state index contributed by atoms with van der Waals surface area (Å²) in [5, 5.41) is 0. The number of benzene rings is 1. The fourth-order valence-corrected chi connectivity index (χ4v) is 1.23. The lowest BCUT2D eigenvalue weighted by atomic mass is 10.1. The van der Waals surface area contributed by atoms with Crippen molar-refractivity contribution in [3.05, 3.63) is 40.7 Å². The van der Waals surface area contributed by atoms with Crippen molar-refractivity contribution in [1.82, 2.24) is 0 Å². The Hall–Kier alpha value is -0.300. The molecular formula is C10H12Br. The normalized spacial score (nSPS) is 10.0. The summed E-state index contributed by atoms with van der Waals surface area (Å²) >= 11 is 3.41. The van der Waals surface area contributed by atoms with Gasteiger partial charge < -0.3 is 0 Å². The smallest absolute Gasteiger partial charge is 0.0175 e. The van der Waals surface area contributed by atoms with Crippen LogP contribution in [-0.4, -0.2) is 0 Å². The minimum Gasteiger partial charge on any atom is -0.0622 e. The first-order valence-electron chi connectivity index (χ1n) is 3.85. The number of rotatable bonds is 3. The summed E-state index contributed by atoms with van der Waals surface area (Å²) < 4.78 is 1.15. The fourth-order valence-electron chi connectivity index (χ4n) is 0.962. The van der Waals surface area contributed by atoms with Crippen LogP contribution in [0, 0.1) is 6.42 Å². The quantitative estimate of drug-likeness (QED) is 0.717. The highest BCUT2D eigenvalue weighted by atomic mass is 79.9. The second-order valence-corrected chi connectivity index (χ2v) is 3.49. The van der Waals surface area contributed by atoms with Gasteiger partial charge in [0.1, 0.15) is 0 Å². The van der Waals surface area contributed by atoms with Crippen LogP contribution in [0.4, 0.5) is 0 Å². The molecule has 0 fully saturated rings. The van der Waals surface area contributed by atoms with Crippen molar-refractivity contribution in [3.8, 4) is 0 Å². The van der Waals surface area contributed by atoms with Gasteiger partial charge in [-0.15, -0.1) is 0 Å². The maximum atomic E-state index is 3.41. The van der Waals surface area contributed by atoms with E-state index in [0.717, 1.165) is 10.9 Å². The van der Waals surface area contributed by atoms with Crippen LogP contribution >= 0.6 is 15.9 Å². The van der Waals surface area contributed by atoms with Gasteiger partial charge in [0.15, 0.2) is 0 Å². The second-order valence-electron chi connectivity index (χ2n) is 2.57. The minimum absolute atomic E-state index is 1.15. The lowest BCUT2D eigenvalue weighted by Crippen LogP contribution is -1.83. The van der Waals surface area contributed by atoms with Crippen LogP contribution in [0.3, 0.4) is 0 Å². The van der Waals surface area contributed by atoms with Crippen molar-refractivity contribution in [2.75, 3.05) is 0 Å². The van der Waals surface area contributed by atoms with Gasteiger partial charge in [0, 0.05) is 4.47 Å². The van der Waals surface area contributed by atoms with Crippen LogP contribution in [0.5, 0.6) is 0 Å². The molecule has 0 nitrogen and oxygen atoms in total. The van der Waals surface area contributed by atoms with E-state index in [2.05, 4.69) is 53.5 Å². The molecule has 0 amide bonds. The third kappa shape index (κ3) is 3.06. The number of hydrogen-bond donors (Lipinski definition) is 0.